The Morgan fingerprint density at radius 2 is 1.97 bits per heavy atom. The molecule has 1 N–H and O–H groups in total. The molecular formula is C19H17BrF3N7O2. The van der Waals surface area contributed by atoms with Crippen molar-refractivity contribution in [3.63, 3.8) is 0 Å². The molecule has 3 rings (SSSR count). The number of aromatic nitrogens is 3. The maximum absolute atomic E-state index is 13.2. The number of aliphatic imine (C=N–C) groups is 1. The van der Waals surface area contributed by atoms with Gasteiger partial charge in [-0.25, -0.2) is 19.9 Å². The van der Waals surface area contributed by atoms with Gasteiger partial charge < -0.3 is 10.2 Å². The lowest BCUT2D eigenvalue weighted by Crippen LogP contribution is -2.12. The van der Waals surface area contributed by atoms with Crippen LogP contribution in [0.25, 0.3) is 11.0 Å². The van der Waals surface area contributed by atoms with Crippen molar-refractivity contribution in [2.75, 3.05) is 19.4 Å². The van der Waals surface area contributed by atoms with Crippen molar-refractivity contribution in [2.45, 2.75) is 19.1 Å². The number of hydrogen-bond donors (Lipinski definition) is 1. The summed E-state index contributed by atoms with van der Waals surface area (Å²) in [5.74, 6) is 0.691. The van der Waals surface area contributed by atoms with Crippen molar-refractivity contribution >= 4 is 50.6 Å². The maximum Gasteiger partial charge on any atom is 0.416 e. The first-order chi connectivity index (χ1) is 15.0. The van der Waals surface area contributed by atoms with Crippen LogP contribution in [-0.2, 0) is 6.18 Å². The van der Waals surface area contributed by atoms with E-state index in [1.54, 1.807) is 24.2 Å². The number of non-ortho nitro benzene ring substituents is 1. The normalized spacial score (nSPS) is 12.8. The van der Waals surface area contributed by atoms with Crippen molar-refractivity contribution < 1.29 is 18.1 Å². The Morgan fingerprint density at radius 3 is 2.59 bits per heavy atom. The zero-order valence-corrected chi connectivity index (χ0v) is 18.6. The first-order valence-corrected chi connectivity index (χ1v) is 9.90. The molecule has 0 amide bonds. The number of rotatable bonds is 6. The Kier molecular flexibility index (Phi) is 6.57. The second-order valence-corrected chi connectivity index (χ2v) is 7.88. The van der Waals surface area contributed by atoms with Crippen LogP contribution < -0.4 is 5.32 Å². The summed E-state index contributed by atoms with van der Waals surface area (Å²) in [6.07, 6.45) is -1.89. The van der Waals surface area contributed by atoms with Gasteiger partial charge in [-0.05, 0) is 40.5 Å². The van der Waals surface area contributed by atoms with Crippen LogP contribution in [0, 0.1) is 10.1 Å². The van der Waals surface area contributed by atoms with E-state index >= 15 is 0 Å². The molecule has 32 heavy (non-hydrogen) atoms. The predicted molar refractivity (Wildman–Crippen MR) is 117 cm³/mol. The molecule has 0 unspecified atom stereocenters. The Bertz CT molecular complexity index is 1200. The summed E-state index contributed by atoms with van der Waals surface area (Å²) in [6, 6.07) is 3.43. The van der Waals surface area contributed by atoms with Gasteiger partial charge in [0.05, 0.1) is 32.7 Å². The first-order valence-electron chi connectivity index (χ1n) is 9.10. The molecule has 168 valence electrons. The van der Waals surface area contributed by atoms with Crippen molar-refractivity contribution in [3.8, 4) is 0 Å². The summed E-state index contributed by atoms with van der Waals surface area (Å²) >= 11 is 3.39. The second-order valence-electron chi connectivity index (χ2n) is 7.03. The molecule has 1 aromatic carbocycles. The summed E-state index contributed by atoms with van der Waals surface area (Å²) in [7, 11) is 3.62. The van der Waals surface area contributed by atoms with Crippen molar-refractivity contribution in [1.29, 1.82) is 0 Å². The molecule has 0 fully saturated rings. The van der Waals surface area contributed by atoms with Gasteiger partial charge in [-0.1, -0.05) is 0 Å². The SMILES string of the molecule is C[C@@H](Nc1ncnc2nc(/N=C\N(C)C)c(Br)cc12)c1cc([N+](=O)[O-])cc(C(F)(F)F)c1. The third kappa shape index (κ3) is 5.28. The number of nitro benzene ring substituents is 1. The molecule has 0 saturated heterocycles. The lowest BCUT2D eigenvalue weighted by Gasteiger charge is -2.18. The molecular weight excluding hydrogens is 495 g/mol. The standard InChI is InChI=1S/C19H17BrF3N7O2/c1-10(11-4-12(19(21,22)23)6-13(5-11)30(31)32)27-16-14-7-15(20)18(26-9-29(2)3)28-17(14)25-8-24-16/h4-10H,1-3H3,(H,24,25,27,28)/b26-9-/t10-/m1/s1. The average molecular weight is 512 g/mol. The van der Waals surface area contributed by atoms with Crippen LogP contribution in [0.5, 0.6) is 0 Å². The Balaban J connectivity index is 2.00. The molecule has 2 aromatic heterocycles. The van der Waals surface area contributed by atoms with Crippen LogP contribution in [-0.4, -0.2) is 45.2 Å². The van der Waals surface area contributed by atoms with Gasteiger partial charge >= 0.3 is 6.18 Å². The minimum Gasteiger partial charge on any atom is -0.369 e. The minimum atomic E-state index is -4.72. The third-order valence-corrected chi connectivity index (χ3v) is 4.89. The van der Waals surface area contributed by atoms with Crippen molar-refractivity contribution in [3.05, 3.63) is 56.3 Å². The van der Waals surface area contributed by atoms with E-state index in [1.165, 1.54) is 6.33 Å². The number of nitro groups is 1. The Labute approximate surface area is 188 Å². The number of hydrogen-bond acceptors (Lipinski definition) is 7. The lowest BCUT2D eigenvalue weighted by atomic mass is 10.0. The molecule has 0 spiro atoms. The van der Waals surface area contributed by atoms with E-state index in [1.807, 2.05) is 14.1 Å². The number of alkyl halides is 3. The van der Waals surface area contributed by atoms with Gasteiger partial charge in [0, 0.05) is 26.2 Å². The zero-order valence-electron chi connectivity index (χ0n) is 17.1. The Morgan fingerprint density at radius 1 is 1.25 bits per heavy atom. The van der Waals surface area contributed by atoms with Crippen LogP contribution in [0.2, 0.25) is 0 Å². The fraction of sp³-hybridized carbons (Fsp3) is 0.263. The molecule has 0 aliphatic carbocycles. The van der Waals surface area contributed by atoms with Gasteiger partial charge in [0.15, 0.2) is 11.5 Å². The van der Waals surface area contributed by atoms with Crippen LogP contribution >= 0.6 is 15.9 Å². The van der Waals surface area contributed by atoms with Gasteiger partial charge in [-0.3, -0.25) is 10.1 Å². The molecule has 0 bridgehead atoms. The van der Waals surface area contributed by atoms with Crippen molar-refractivity contribution in [1.82, 2.24) is 19.9 Å². The van der Waals surface area contributed by atoms with Gasteiger partial charge in [0.1, 0.15) is 12.1 Å². The van der Waals surface area contributed by atoms with E-state index in [2.05, 4.69) is 41.2 Å². The summed E-state index contributed by atoms with van der Waals surface area (Å²) in [5, 5.41) is 14.6. The van der Waals surface area contributed by atoms with Crippen LogP contribution in [0.4, 0.5) is 30.5 Å². The highest BCUT2D eigenvalue weighted by Gasteiger charge is 2.33. The summed E-state index contributed by atoms with van der Waals surface area (Å²) in [5.41, 5.74) is -1.35. The van der Waals surface area contributed by atoms with Crippen LogP contribution in [0.1, 0.15) is 24.1 Å². The molecule has 2 heterocycles. The molecule has 0 radical (unpaired) electrons. The summed E-state index contributed by atoms with van der Waals surface area (Å²) < 4.78 is 40.2. The maximum atomic E-state index is 13.2. The lowest BCUT2D eigenvalue weighted by molar-refractivity contribution is -0.385. The van der Waals surface area contributed by atoms with E-state index in [-0.39, 0.29) is 5.56 Å². The van der Waals surface area contributed by atoms with E-state index in [9.17, 15) is 23.3 Å². The number of fused-ring (bicyclic) bond motifs is 1. The zero-order chi connectivity index (χ0) is 23.6. The van der Waals surface area contributed by atoms with E-state index < -0.39 is 28.4 Å². The van der Waals surface area contributed by atoms with Crippen molar-refractivity contribution in [2.24, 2.45) is 4.99 Å². The third-order valence-electron chi connectivity index (χ3n) is 4.30. The molecule has 0 saturated carbocycles. The van der Waals surface area contributed by atoms with E-state index in [0.717, 1.165) is 12.1 Å². The topological polar surface area (TPSA) is 109 Å². The monoisotopic (exact) mass is 511 g/mol. The Hall–Kier alpha value is -3.35. The molecule has 0 aliphatic heterocycles. The molecule has 9 nitrogen and oxygen atoms in total. The average Bonchev–Trinajstić information content (AvgIpc) is 2.71. The number of nitrogens with one attached hydrogen (secondary N) is 1. The summed E-state index contributed by atoms with van der Waals surface area (Å²) in [6.45, 7) is 1.57. The van der Waals surface area contributed by atoms with Crippen LogP contribution in [0.15, 0.2) is 40.1 Å². The second kappa shape index (κ2) is 9.02. The van der Waals surface area contributed by atoms with Gasteiger partial charge in [0.2, 0.25) is 0 Å². The summed E-state index contributed by atoms with van der Waals surface area (Å²) in [4.78, 5) is 28.9. The first kappa shape index (κ1) is 23.3. The minimum absolute atomic E-state index is 0.0810. The van der Waals surface area contributed by atoms with Gasteiger partial charge in [-0.15, -0.1) is 0 Å². The molecule has 3 aromatic rings. The van der Waals surface area contributed by atoms with E-state index in [4.69, 9.17) is 0 Å². The number of nitrogens with zero attached hydrogens (tertiary/aromatic N) is 6. The number of pyridine rings is 1. The largest absolute Gasteiger partial charge is 0.416 e. The number of benzene rings is 1. The highest BCUT2D eigenvalue weighted by Crippen LogP contribution is 2.35. The highest BCUT2D eigenvalue weighted by atomic mass is 79.9. The van der Waals surface area contributed by atoms with Crippen LogP contribution in [0.3, 0.4) is 0 Å². The van der Waals surface area contributed by atoms with Gasteiger partial charge in [0.25, 0.3) is 5.69 Å². The predicted octanol–water partition coefficient (Wildman–Crippen LogP) is 5.11. The fourth-order valence-electron chi connectivity index (χ4n) is 2.77. The molecule has 0 aliphatic rings. The number of halogens is 4. The molecule has 1 atom stereocenters. The number of anilines is 1. The fourth-order valence-corrected chi connectivity index (χ4v) is 3.19. The smallest absolute Gasteiger partial charge is 0.369 e. The van der Waals surface area contributed by atoms with Gasteiger partial charge in [-0.2, -0.15) is 13.2 Å². The quantitative estimate of drug-likeness (QED) is 0.212. The van der Waals surface area contributed by atoms with E-state index in [0.29, 0.717) is 33.2 Å². The highest BCUT2D eigenvalue weighted by molar-refractivity contribution is 9.10. The molecule has 13 heteroatoms.